The van der Waals surface area contributed by atoms with Crippen LogP contribution < -0.4 is 15.0 Å². The van der Waals surface area contributed by atoms with Crippen LogP contribution in [0.25, 0.3) is 10.9 Å². The molecule has 0 radical (unpaired) electrons. The van der Waals surface area contributed by atoms with Gasteiger partial charge in [-0.1, -0.05) is 24.3 Å². The third-order valence-corrected chi connectivity index (χ3v) is 7.39. The van der Waals surface area contributed by atoms with Gasteiger partial charge in [0, 0.05) is 36.7 Å². The number of aromatic nitrogens is 5. The van der Waals surface area contributed by atoms with Gasteiger partial charge in [-0.15, -0.1) is 5.10 Å². The molecule has 1 fully saturated rings. The molecule has 0 amide bonds. The van der Waals surface area contributed by atoms with Crippen molar-refractivity contribution in [2.24, 2.45) is 0 Å². The lowest BCUT2D eigenvalue weighted by Gasteiger charge is -2.35. The predicted octanol–water partition coefficient (Wildman–Crippen LogP) is 2.57. The van der Waals surface area contributed by atoms with Crippen LogP contribution in [-0.4, -0.2) is 56.1 Å². The highest BCUT2D eigenvalue weighted by Crippen LogP contribution is 2.37. The predicted molar refractivity (Wildman–Crippen MR) is 130 cm³/mol. The maximum absolute atomic E-state index is 13.6. The summed E-state index contributed by atoms with van der Waals surface area (Å²) in [6.45, 7) is 2.98. The summed E-state index contributed by atoms with van der Waals surface area (Å²) in [5, 5.41) is 13.6. The van der Waals surface area contributed by atoms with Gasteiger partial charge in [0.25, 0.3) is 5.56 Å². The van der Waals surface area contributed by atoms with Gasteiger partial charge >= 0.3 is 0 Å². The quantitative estimate of drug-likeness (QED) is 0.459. The molecule has 2 atom stereocenters. The molecule has 2 aromatic carbocycles. The van der Waals surface area contributed by atoms with Crippen molar-refractivity contribution in [3.05, 3.63) is 75.3 Å². The van der Waals surface area contributed by atoms with Crippen LogP contribution in [0.2, 0.25) is 0 Å². The summed E-state index contributed by atoms with van der Waals surface area (Å²) < 4.78 is 18.7. The molecule has 36 heavy (non-hydrogen) atoms. The Morgan fingerprint density at radius 2 is 1.97 bits per heavy atom. The van der Waals surface area contributed by atoms with Crippen LogP contribution in [0.15, 0.2) is 47.3 Å². The van der Waals surface area contributed by atoms with Gasteiger partial charge in [-0.05, 0) is 52.9 Å². The second-order valence-electron chi connectivity index (χ2n) is 9.59. The maximum Gasteiger partial charge on any atom is 0.253 e. The third kappa shape index (κ3) is 3.73. The number of benzene rings is 2. The number of fused-ring (bicyclic) bond motifs is 3. The normalized spacial score (nSPS) is 20.1. The number of pyridine rings is 1. The van der Waals surface area contributed by atoms with E-state index >= 15 is 0 Å². The first-order valence-electron chi connectivity index (χ1n) is 12.4. The second kappa shape index (κ2) is 8.72. The average Bonchev–Trinajstić information content (AvgIpc) is 3.67. The fraction of sp³-hybridized carbons (Fsp3) is 0.385. The summed E-state index contributed by atoms with van der Waals surface area (Å²) in [4.78, 5) is 18.9. The Morgan fingerprint density at radius 1 is 1.11 bits per heavy atom. The summed E-state index contributed by atoms with van der Waals surface area (Å²) >= 11 is 0. The number of nitrogens with zero attached hydrogens (tertiary/aromatic N) is 5. The Kier molecular flexibility index (Phi) is 5.21. The molecular weight excluding hydrogens is 460 g/mol. The summed E-state index contributed by atoms with van der Waals surface area (Å²) in [5.74, 6) is 1.96. The lowest BCUT2D eigenvalue weighted by Crippen LogP contribution is -2.39. The molecule has 0 bridgehead atoms. The molecule has 1 saturated heterocycles. The minimum atomic E-state index is -0.423. The second-order valence-corrected chi connectivity index (χ2v) is 9.59. The molecule has 3 aliphatic rings. The van der Waals surface area contributed by atoms with E-state index in [1.165, 1.54) is 11.1 Å². The first-order chi connectivity index (χ1) is 17.7. The van der Waals surface area contributed by atoms with Crippen LogP contribution >= 0.6 is 0 Å². The Hall–Kier alpha value is -3.76. The lowest BCUT2D eigenvalue weighted by molar-refractivity contribution is 0.0904. The highest BCUT2D eigenvalue weighted by Gasteiger charge is 2.33. The maximum atomic E-state index is 13.6. The summed E-state index contributed by atoms with van der Waals surface area (Å²) in [6.07, 6.45) is 2.98. The third-order valence-electron chi connectivity index (χ3n) is 7.39. The largest absolute Gasteiger partial charge is 0.454 e. The van der Waals surface area contributed by atoms with Gasteiger partial charge in [-0.3, -0.25) is 9.69 Å². The number of hydrogen-bond donors (Lipinski definition) is 1. The van der Waals surface area contributed by atoms with Crippen molar-refractivity contribution in [1.82, 2.24) is 30.1 Å². The summed E-state index contributed by atoms with van der Waals surface area (Å²) in [7, 11) is 0. The number of ether oxygens (including phenoxy) is 3. The molecule has 0 saturated carbocycles. The molecular formula is C26H26N6O4. The van der Waals surface area contributed by atoms with Crippen LogP contribution in [0.4, 0.5) is 0 Å². The fourth-order valence-electron chi connectivity index (χ4n) is 5.57. The number of hydrogen-bond acceptors (Lipinski definition) is 8. The van der Waals surface area contributed by atoms with Gasteiger partial charge in [-0.25, -0.2) is 4.68 Å². The zero-order chi connectivity index (χ0) is 24.1. The van der Waals surface area contributed by atoms with Crippen molar-refractivity contribution in [2.75, 3.05) is 19.9 Å². The van der Waals surface area contributed by atoms with Gasteiger partial charge in [0.05, 0.1) is 18.2 Å². The van der Waals surface area contributed by atoms with E-state index in [0.717, 1.165) is 37.8 Å². The van der Waals surface area contributed by atoms with Gasteiger partial charge in [-0.2, -0.15) is 0 Å². The Balaban J connectivity index is 1.34. The van der Waals surface area contributed by atoms with Crippen LogP contribution in [0.3, 0.4) is 0 Å². The Labute approximate surface area is 206 Å². The van der Waals surface area contributed by atoms with E-state index in [4.69, 9.17) is 14.2 Å². The summed E-state index contributed by atoms with van der Waals surface area (Å²) in [6, 6.07) is 13.7. The molecule has 5 heterocycles. The number of nitrogens with one attached hydrogen (secondary N) is 1. The molecule has 0 aliphatic carbocycles. The number of H-pyrrole nitrogens is 1. The zero-order valence-corrected chi connectivity index (χ0v) is 19.7. The molecule has 0 spiro atoms. The van der Waals surface area contributed by atoms with Gasteiger partial charge in [0.1, 0.15) is 6.04 Å². The number of tetrazole rings is 1. The minimum absolute atomic E-state index is 0.0737. The fourth-order valence-corrected chi connectivity index (χ4v) is 5.57. The lowest BCUT2D eigenvalue weighted by atomic mass is 9.96. The van der Waals surface area contributed by atoms with E-state index in [0.29, 0.717) is 41.5 Å². The van der Waals surface area contributed by atoms with Crippen molar-refractivity contribution >= 4 is 10.9 Å². The van der Waals surface area contributed by atoms with Gasteiger partial charge < -0.3 is 19.2 Å². The van der Waals surface area contributed by atoms with Crippen LogP contribution in [0, 0.1) is 0 Å². The standard InChI is InChI=1S/C26H26N6O4/c33-26-20(10-18-11-22-23(36-15-35-22)12-21(18)27-26)24(31-8-7-16-4-1-2-5-17(16)13-31)25-28-29-30-32(25)14-19-6-3-9-34-19/h1-2,4-5,10-12,19,24H,3,6-9,13-15H2,(H,27,33)/t19-,24+/m1/s1. The van der Waals surface area contributed by atoms with E-state index in [-0.39, 0.29) is 18.5 Å². The van der Waals surface area contributed by atoms with Crippen molar-refractivity contribution < 1.29 is 14.2 Å². The van der Waals surface area contributed by atoms with E-state index in [1.54, 1.807) is 0 Å². The van der Waals surface area contributed by atoms with Crippen LogP contribution in [0.5, 0.6) is 11.5 Å². The zero-order valence-electron chi connectivity index (χ0n) is 19.7. The molecule has 10 nitrogen and oxygen atoms in total. The van der Waals surface area contributed by atoms with E-state index in [1.807, 2.05) is 22.9 Å². The monoisotopic (exact) mass is 486 g/mol. The number of rotatable bonds is 5. The van der Waals surface area contributed by atoms with Crippen molar-refractivity contribution in [1.29, 1.82) is 0 Å². The average molecular weight is 487 g/mol. The molecule has 184 valence electrons. The molecule has 4 aromatic rings. The van der Waals surface area contributed by atoms with E-state index < -0.39 is 6.04 Å². The Bertz CT molecular complexity index is 1490. The molecule has 7 rings (SSSR count). The van der Waals surface area contributed by atoms with E-state index in [2.05, 4.69) is 49.7 Å². The first-order valence-corrected chi connectivity index (χ1v) is 12.4. The molecule has 0 unspecified atom stereocenters. The minimum Gasteiger partial charge on any atom is -0.454 e. The van der Waals surface area contributed by atoms with E-state index in [9.17, 15) is 4.79 Å². The molecule has 3 aliphatic heterocycles. The topological polar surface area (TPSA) is 107 Å². The molecule has 1 N–H and O–H groups in total. The summed E-state index contributed by atoms with van der Waals surface area (Å²) in [5.41, 5.74) is 3.73. The Morgan fingerprint density at radius 3 is 2.83 bits per heavy atom. The first kappa shape index (κ1) is 21.5. The SMILES string of the molecule is O=c1[nH]c2cc3c(cc2cc1[C@@H](c1nnnn1C[C@H]1CCCO1)N1CCc2ccccc2C1)OCO3. The highest BCUT2D eigenvalue weighted by molar-refractivity contribution is 5.83. The van der Waals surface area contributed by atoms with Crippen LogP contribution in [-0.2, 0) is 24.2 Å². The van der Waals surface area contributed by atoms with Crippen molar-refractivity contribution in [3.8, 4) is 11.5 Å². The molecule has 2 aromatic heterocycles. The number of aromatic amines is 1. The van der Waals surface area contributed by atoms with Crippen molar-refractivity contribution in [2.45, 2.75) is 44.5 Å². The van der Waals surface area contributed by atoms with Crippen molar-refractivity contribution in [3.63, 3.8) is 0 Å². The highest BCUT2D eigenvalue weighted by atomic mass is 16.7. The van der Waals surface area contributed by atoms with Gasteiger partial charge in [0.2, 0.25) is 6.79 Å². The van der Waals surface area contributed by atoms with Crippen LogP contribution in [0.1, 0.15) is 41.4 Å². The molecule has 10 heteroatoms. The van der Waals surface area contributed by atoms with Gasteiger partial charge in [0.15, 0.2) is 17.3 Å². The smallest absolute Gasteiger partial charge is 0.253 e.